The Morgan fingerprint density at radius 1 is 1.50 bits per heavy atom. The number of hydrogen-bond acceptors (Lipinski definition) is 3. The minimum atomic E-state index is -3.27. The number of nitrogens with zero attached hydrogens (tertiary/aromatic N) is 2. The van der Waals surface area contributed by atoms with Gasteiger partial charge in [0.05, 0.1) is 12.3 Å². The smallest absolute Gasteiger partial charge is 0.215 e. The van der Waals surface area contributed by atoms with Crippen molar-refractivity contribution in [2.24, 2.45) is 0 Å². The zero-order valence-corrected chi connectivity index (χ0v) is 9.94. The van der Waals surface area contributed by atoms with E-state index in [1.165, 1.54) is 11.4 Å². The molecule has 0 aliphatic carbocycles. The zero-order chi connectivity index (χ0) is 12.0. The Hall–Kier alpha value is -1.38. The summed E-state index contributed by atoms with van der Waals surface area (Å²) in [5.41, 5.74) is 0.764. The van der Waals surface area contributed by atoms with E-state index in [-0.39, 0.29) is 12.3 Å². The van der Waals surface area contributed by atoms with Crippen molar-refractivity contribution in [3.63, 3.8) is 0 Å². The van der Waals surface area contributed by atoms with Crippen LogP contribution in [-0.2, 0) is 16.4 Å². The Balaban J connectivity index is 2.59. The van der Waals surface area contributed by atoms with E-state index in [1.807, 2.05) is 6.07 Å². The molecule has 0 amide bonds. The summed E-state index contributed by atoms with van der Waals surface area (Å²) in [7, 11) is -1.79. The largest absolute Gasteiger partial charge is 0.261 e. The van der Waals surface area contributed by atoms with Crippen molar-refractivity contribution >= 4 is 10.0 Å². The van der Waals surface area contributed by atoms with Crippen LogP contribution in [-0.4, -0.2) is 37.1 Å². The topological polar surface area (TPSA) is 50.3 Å². The number of terminal acetylenes is 1. The molecule has 1 aromatic rings. The molecule has 0 aliphatic rings. The van der Waals surface area contributed by atoms with E-state index in [9.17, 15) is 8.42 Å². The average Bonchev–Trinajstić information content (AvgIpc) is 2.28. The van der Waals surface area contributed by atoms with Crippen LogP contribution >= 0.6 is 0 Å². The molecule has 0 fully saturated rings. The molecule has 0 radical (unpaired) electrons. The van der Waals surface area contributed by atoms with Gasteiger partial charge >= 0.3 is 0 Å². The summed E-state index contributed by atoms with van der Waals surface area (Å²) in [6.45, 7) is 0.102. The van der Waals surface area contributed by atoms with Crippen LogP contribution in [0.2, 0.25) is 0 Å². The number of aryl methyl sites for hydroxylation is 1. The fourth-order valence-electron chi connectivity index (χ4n) is 1.16. The Morgan fingerprint density at radius 3 is 2.81 bits per heavy atom. The van der Waals surface area contributed by atoms with Crippen molar-refractivity contribution < 1.29 is 8.42 Å². The second-order valence-corrected chi connectivity index (χ2v) is 5.54. The third-order valence-corrected chi connectivity index (χ3v) is 3.93. The van der Waals surface area contributed by atoms with Crippen LogP contribution in [0, 0.1) is 12.3 Å². The first-order valence-electron chi connectivity index (χ1n) is 4.83. The molecule has 0 saturated carbocycles. The quantitative estimate of drug-likeness (QED) is 0.703. The summed E-state index contributed by atoms with van der Waals surface area (Å²) in [5, 5.41) is 0. The first-order valence-corrected chi connectivity index (χ1v) is 6.44. The first kappa shape index (κ1) is 12.7. The van der Waals surface area contributed by atoms with Gasteiger partial charge < -0.3 is 0 Å². The van der Waals surface area contributed by atoms with Crippen molar-refractivity contribution in [1.82, 2.24) is 9.29 Å². The summed E-state index contributed by atoms with van der Waals surface area (Å²) in [6, 6.07) is 5.43. The van der Waals surface area contributed by atoms with Gasteiger partial charge in [-0.2, -0.15) is 4.31 Å². The maximum absolute atomic E-state index is 11.7. The van der Waals surface area contributed by atoms with Crippen LogP contribution in [0.5, 0.6) is 0 Å². The second kappa shape index (κ2) is 5.64. The monoisotopic (exact) mass is 238 g/mol. The molecule has 0 N–H and O–H groups in total. The van der Waals surface area contributed by atoms with Crippen LogP contribution in [0.3, 0.4) is 0 Å². The van der Waals surface area contributed by atoms with Gasteiger partial charge in [0.15, 0.2) is 0 Å². The van der Waals surface area contributed by atoms with Gasteiger partial charge in [-0.3, -0.25) is 4.98 Å². The van der Waals surface area contributed by atoms with Crippen molar-refractivity contribution in [1.29, 1.82) is 0 Å². The Kier molecular flexibility index (Phi) is 4.47. The lowest BCUT2D eigenvalue weighted by molar-refractivity contribution is 0.502. The molecular formula is C11H14N2O2S. The number of hydrogen-bond donors (Lipinski definition) is 0. The maximum atomic E-state index is 11.7. The lowest BCUT2D eigenvalue weighted by Crippen LogP contribution is -2.30. The van der Waals surface area contributed by atoms with Crippen molar-refractivity contribution in [2.75, 3.05) is 19.3 Å². The van der Waals surface area contributed by atoms with Gasteiger partial charge in [-0.05, 0) is 12.1 Å². The molecular weight excluding hydrogens is 224 g/mol. The van der Waals surface area contributed by atoms with E-state index >= 15 is 0 Å². The Bertz CT molecular complexity index is 463. The van der Waals surface area contributed by atoms with E-state index in [2.05, 4.69) is 10.9 Å². The summed E-state index contributed by atoms with van der Waals surface area (Å²) in [5.74, 6) is 2.33. The van der Waals surface area contributed by atoms with Gasteiger partial charge in [-0.25, -0.2) is 8.42 Å². The molecule has 86 valence electrons. The van der Waals surface area contributed by atoms with Crippen LogP contribution in [0.15, 0.2) is 24.4 Å². The highest BCUT2D eigenvalue weighted by molar-refractivity contribution is 7.89. The van der Waals surface area contributed by atoms with Gasteiger partial charge in [-0.15, -0.1) is 6.42 Å². The van der Waals surface area contributed by atoms with Crippen LogP contribution in [0.4, 0.5) is 0 Å². The molecule has 1 rings (SSSR count). The summed E-state index contributed by atoms with van der Waals surface area (Å²) >= 11 is 0. The van der Waals surface area contributed by atoms with Crippen LogP contribution < -0.4 is 0 Å². The highest BCUT2D eigenvalue weighted by Crippen LogP contribution is 2.02. The lowest BCUT2D eigenvalue weighted by Gasteiger charge is -2.13. The van der Waals surface area contributed by atoms with Gasteiger partial charge in [0.1, 0.15) is 0 Å². The fraction of sp³-hybridized carbons (Fsp3) is 0.364. The molecule has 0 spiro atoms. The predicted octanol–water partition coefficient (Wildman–Crippen LogP) is 0.519. The van der Waals surface area contributed by atoms with Crippen LogP contribution in [0.25, 0.3) is 0 Å². The molecule has 0 atom stereocenters. The number of aromatic nitrogens is 1. The fourth-order valence-corrected chi connectivity index (χ4v) is 2.21. The van der Waals surface area contributed by atoms with E-state index in [1.54, 1.807) is 18.3 Å². The summed E-state index contributed by atoms with van der Waals surface area (Å²) in [4.78, 5) is 4.06. The average molecular weight is 238 g/mol. The molecule has 0 bridgehead atoms. The van der Waals surface area contributed by atoms with Crippen LogP contribution in [0.1, 0.15) is 5.69 Å². The molecule has 0 aliphatic heterocycles. The third kappa shape index (κ3) is 3.65. The Labute approximate surface area is 96.4 Å². The normalized spacial score (nSPS) is 11.3. The summed E-state index contributed by atoms with van der Waals surface area (Å²) < 4.78 is 24.6. The Morgan fingerprint density at radius 2 is 2.25 bits per heavy atom. The molecule has 1 heterocycles. The molecule has 5 heteroatoms. The van der Waals surface area contributed by atoms with Crippen molar-refractivity contribution in [2.45, 2.75) is 6.42 Å². The lowest BCUT2D eigenvalue weighted by atomic mass is 10.3. The second-order valence-electron chi connectivity index (χ2n) is 3.35. The van der Waals surface area contributed by atoms with E-state index in [0.29, 0.717) is 6.42 Å². The van der Waals surface area contributed by atoms with Crippen molar-refractivity contribution in [3.05, 3.63) is 30.1 Å². The van der Waals surface area contributed by atoms with Gasteiger partial charge in [-0.1, -0.05) is 12.0 Å². The highest BCUT2D eigenvalue weighted by Gasteiger charge is 2.16. The minimum absolute atomic E-state index is 0.0300. The molecule has 0 saturated heterocycles. The molecule has 4 nitrogen and oxygen atoms in total. The number of sulfonamides is 1. The molecule has 1 aromatic heterocycles. The number of pyridine rings is 1. The number of rotatable bonds is 5. The van der Waals surface area contributed by atoms with E-state index in [4.69, 9.17) is 6.42 Å². The van der Waals surface area contributed by atoms with Gasteiger partial charge in [0, 0.05) is 25.4 Å². The highest BCUT2D eigenvalue weighted by atomic mass is 32.2. The third-order valence-electron chi connectivity index (χ3n) is 2.13. The molecule has 0 unspecified atom stereocenters. The van der Waals surface area contributed by atoms with Gasteiger partial charge in [0.25, 0.3) is 0 Å². The maximum Gasteiger partial charge on any atom is 0.215 e. The molecule has 0 aromatic carbocycles. The SMILES string of the molecule is C#CCN(C)S(=O)(=O)CCc1ccccn1. The van der Waals surface area contributed by atoms with E-state index in [0.717, 1.165) is 5.69 Å². The van der Waals surface area contributed by atoms with Crippen molar-refractivity contribution in [3.8, 4) is 12.3 Å². The summed E-state index contributed by atoms with van der Waals surface area (Å²) in [6.07, 6.45) is 7.11. The predicted molar refractivity (Wildman–Crippen MR) is 63.2 cm³/mol. The zero-order valence-electron chi connectivity index (χ0n) is 9.13. The minimum Gasteiger partial charge on any atom is -0.261 e. The van der Waals surface area contributed by atoms with E-state index < -0.39 is 10.0 Å². The van der Waals surface area contributed by atoms with Gasteiger partial charge in [0.2, 0.25) is 10.0 Å². The molecule has 16 heavy (non-hydrogen) atoms. The standard InChI is InChI=1S/C11H14N2O2S/c1-3-9-13(2)16(14,15)10-7-11-6-4-5-8-12-11/h1,4-6,8H,7,9-10H2,2H3. The first-order chi connectivity index (χ1) is 7.56.